The highest BCUT2D eigenvalue weighted by Gasteiger charge is 2.34. The molecule has 3 rings (SSSR count). The zero-order chi connectivity index (χ0) is 20.1. The van der Waals surface area contributed by atoms with Crippen molar-refractivity contribution in [2.75, 3.05) is 31.4 Å². The second kappa shape index (κ2) is 8.65. The molecule has 7 heteroatoms. The van der Waals surface area contributed by atoms with Gasteiger partial charge in [0.05, 0.1) is 19.9 Å². The van der Waals surface area contributed by atoms with Gasteiger partial charge in [-0.1, -0.05) is 12.1 Å². The Morgan fingerprint density at radius 2 is 1.89 bits per heavy atom. The molecule has 1 fully saturated rings. The molecular formula is C21H25N3O4. The lowest BCUT2D eigenvalue weighted by molar-refractivity contribution is -0.119. The predicted molar refractivity (Wildman–Crippen MR) is 108 cm³/mol. The zero-order valence-corrected chi connectivity index (χ0v) is 16.3. The maximum absolute atomic E-state index is 12.9. The first-order chi connectivity index (χ1) is 13.5. The molecule has 1 heterocycles. The van der Waals surface area contributed by atoms with E-state index in [2.05, 4.69) is 10.6 Å². The Morgan fingerprint density at radius 1 is 1.07 bits per heavy atom. The van der Waals surface area contributed by atoms with E-state index in [-0.39, 0.29) is 11.9 Å². The van der Waals surface area contributed by atoms with Crippen LogP contribution in [-0.4, -0.2) is 43.6 Å². The number of hydrogen-bond acceptors (Lipinski definition) is 4. The Balaban J connectivity index is 1.70. The van der Waals surface area contributed by atoms with Crippen molar-refractivity contribution in [2.45, 2.75) is 25.8 Å². The van der Waals surface area contributed by atoms with Crippen LogP contribution in [0, 0.1) is 6.92 Å². The van der Waals surface area contributed by atoms with Crippen molar-refractivity contribution in [1.82, 2.24) is 4.90 Å². The topological polar surface area (TPSA) is 79.9 Å². The molecule has 0 spiro atoms. The van der Waals surface area contributed by atoms with Crippen molar-refractivity contribution >= 4 is 23.3 Å². The standard InChI is InChI=1S/C21H25N3O4/c1-14-9-10-19(28-3)17(12-14)23-20(25)18-8-5-11-24(18)21(26)22-15-6-4-7-16(13-15)27-2/h4,6-7,9-10,12-13,18H,5,8,11H2,1-3H3,(H,22,26)(H,23,25)/t18-/m1/s1. The van der Waals surface area contributed by atoms with Gasteiger partial charge in [0.25, 0.3) is 0 Å². The number of hydrogen-bond donors (Lipinski definition) is 2. The Bertz CT molecular complexity index is 868. The molecule has 0 radical (unpaired) electrons. The number of benzene rings is 2. The van der Waals surface area contributed by atoms with Gasteiger partial charge in [-0.3, -0.25) is 4.79 Å². The van der Waals surface area contributed by atoms with Crippen LogP contribution in [0.2, 0.25) is 0 Å². The first kappa shape index (κ1) is 19.5. The van der Waals surface area contributed by atoms with E-state index in [1.165, 1.54) is 0 Å². The van der Waals surface area contributed by atoms with Gasteiger partial charge in [-0.25, -0.2) is 4.79 Å². The zero-order valence-electron chi connectivity index (χ0n) is 16.3. The predicted octanol–water partition coefficient (Wildman–Crippen LogP) is 3.65. The van der Waals surface area contributed by atoms with Crippen molar-refractivity contribution in [3.63, 3.8) is 0 Å². The molecule has 1 aliphatic rings. The number of aryl methyl sites for hydroxylation is 1. The third-order valence-corrected chi connectivity index (χ3v) is 4.75. The Labute approximate surface area is 164 Å². The van der Waals surface area contributed by atoms with Crippen LogP contribution < -0.4 is 20.1 Å². The number of rotatable bonds is 5. The Morgan fingerprint density at radius 3 is 2.64 bits per heavy atom. The summed E-state index contributed by atoms with van der Waals surface area (Å²) in [4.78, 5) is 27.1. The molecule has 0 unspecified atom stereocenters. The van der Waals surface area contributed by atoms with Crippen LogP contribution in [-0.2, 0) is 4.79 Å². The molecule has 0 aromatic heterocycles. The van der Waals surface area contributed by atoms with Crippen LogP contribution in [0.3, 0.4) is 0 Å². The maximum Gasteiger partial charge on any atom is 0.322 e. The molecule has 7 nitrogen and oxygen atoms in total. The number of likely N-dealkylation sites (tertiary alicyclic amines) is 1. The van der Waals surface area contributed by atoms with Gasteiger partial charge in [0, 0.05) is 18.3 Å². The second-order valence-corrected chi connectivity index (χ2v) is 6.71. The third kappa shape index (κ3) is 4.36. The molecule has 0 bridgehead atoms. The number of nitrogens with one attached hydrogen (secondary N) is 2. The highest BCUT2D eigenvalue weighted by atomic mass is 16.5. The molecule has 2 aromatic rings. The van der Waals surface area contributed by atoms with Crippen molar-refractivity contribution in [3.8, 4) is 11.5 Å². The van der Waals surface area contributed by atoms with Crippen LogP contribution in [0.4, 0.5) is 16.2 Å². The molecule has 2 N–H and O–H groups in total. The molecule has 148 valence electrons. The molecule has 1 saturated heterocycles. The average Bonchev–Trinajstić information content (AvgIpc) is 3.18. The summed E-state index contributed by atoms with van der Waals surface area (Å²) in [6, 6.07) is 11.9. The van der Waals surface area contributed by atoms with Gasteiger partial charge in [0.2, 0.25) is 5.91 Å². The average molecular weight is 383 g/mol. The monoisotopic (exact) mass is 383 g/mol. The third-order valence-electron chi connectivity index (χ3n) is 4.75. The van der Waals surface area contributed by atoms with E-state index in [4.69, 9.17) is 9.47 Å². The summed E-state index contributed by atoms with van der Waals surface area (Å²) < 4.78 is 10.5. The number of methoxy groups -OCH3 is 2. The van der Waals surface area contributed by atoms with E-state index in [0.717, 1.165) is 12.0 Å². The molecule has 0 saturated carbocycles. The highest BCUT2D eigenvalue weighted by Crippen LogP contribution is 2.27. The van der Waals surface area contributed by atoms with Crippen molar-refractivity contribution in [3.05, 3.63) is 48.0 Å². The van der Waals surface area contributed by atoms with Crippen LogP contribution in [0.25, 0.3) is 0 Å². The van der Waals surface area contributed by atoms with E-state index < -0.39 is 6.04 Å². The van der Waals surface area contributed by atoms with Crippen LogP contribution >= 0.6 is 0 Å². The van der Waals surface area contributed by atoms with Gasteiger partial charge in [-0.05, 0) is 49.6 Å². The van der Waals surface area contributed by atoms with E-state index in [1.807, 2.05) is 25.1 Å². The SMILES string of the molecule is COc1cccc(NC(=O)N2CCC[C@@H]2C(=O)Nc2cc(C)ccc2OC)c1. The summed E-state index contributed by atoms with van der Waals surface area (Å²) in [5.74, 6) is 1.02. The van der Waals surface area contributed by atoms with Gasteiger partial charge in [0.1, 0.15) is 17.5 Å². The van der Waals surface area contributed by atoms with Gasteiger partial charge in [-0.15, -0.1) is 0 Å². The fourth-order valence-corrected chi connectivity index (χ4v) is 3.31. The first-order valence-electron chi connectivity index (χ1n) is 9.19. The quantitative estimate of drug-likeness (QED) is 0.826. The highest BCUT2D eigenvalue weighted by molar-refractivity contribution is 6.00. The number of ether oxygens (including phenoxy) is 2. The van der Waals surface area contributed by atoms with E-state index >= 15 is 0 Å². The van der Waals surface area contributed by atoms with Crippen molar-refractivity contribution < 1.29 is 19.1 Å². The minimum absolute atomic E-state index is 0.220. The molecule has 3 amide bonds. The normalized spacial score (nSPS) is 15.8. The van der Waals surface area contributed by atoms with Crippen LogP contribution in [0.15, 0.2) is 42.5 Å². The van der Waals surface area contributed by atoms with E-state index in [0.29, 0.717) is 35.8 Å². The lowest BCUT2D eigenvalue weighted by atomic mass is 10.1. The Kier molecular flexibility index (Phi) is 6.03. The first-order valence-corrected chi connectivity index (χ1v) is 9.19. The number of anilines is 2. The molecule has 28 heavy (non-hydrogen) atoms. The summed E-state index contributed by atoms with van der Waals surface area (Å²) in [6.07, 6.45) is 1.39. The second-order valence-electron chi connectivity index (χ2n) is 6.71. The lowest BCUT2D eigenvalue weighted by Gasteiger charge is -2.24. The fraction of sp³-hybridized carbons (Fsp3) is 0.333. The van der Waals surface area contributed by atoms with Gasteiger partial charge in [0.15, 0.2) is 0 Å². The number of amides is 3. The molecule has 0 aliphatic carbocycles. The molecule has 1 aliphatic heterocycles. The summed E-state index contributed by atoms with van der Waals surface area (Å²) in [5.41, 5.74) is 2.23. The van der Waals surface area contributed by atoms with Crippen molar-refractivity contribution in [1.29, 1.82) is 0 Å². The van der Waals surface area contributed by atoms with Crippen LogP contribution in [0.1, 0.15) is 18.4 Å². The number of urea groups is 1. The molecular weight excluding hydrogens is 358 g/mol. The largest absolute Gasteiger partial charge is 0.497 e. The van der Waals surface area contributed by atoms with E-state index in [1.54, 1.807) is 43.4 Å². The van der Waals surface area contributed by atoms with Gasteiger partial charge >= 0.3 is 6.03 Å². The van der Waals surface area contributed by atoms with Gasteiger partial charge in [-0.2, -0.15) is 0 Å². The summed E-state index contributed by atoms with van der Waals surface area (Å²) in [7, 11) is 3.13. The lowest BCUT2D eigenvalue weighted by Crippen LogP contribution is -2.45. The minimum atomic E-state index is -0.532. The summed E-state index contributed by atoms with van der Waals surface area (Å²) >= 11 is 0. The number of nitrogens with zero attached hydrogens (tertiary/aromatic N) is 1. The molecule has 2 aromatic carbocycles. The summed E-state index contributed by atoms with van der Waals surface area (Å²) in [6.45, 7) is 2.47. The Hall–Kier alpha value is -3.22. The van der Waals surface area contributed by atoms with Crippen LogP contribution in [0.5, 0.6) is 11.5 Å². The fourth-order valence-electron chi connectivity index (χ4n) is 3.31. The van der Waals surface area contributed by atoms with E-state index in [9.17, 15) is 9.59 Å². The number of carbonyl (C=O) groups is 2. The maximum atomic E-state index is 12.9. The minimum Gasteiger partial charge on any atom is -0.497 e. The van der Waals surface area contributed by atoms with Crippen molar-refractivity contribution in [2.24, 2.45) is 0 Å². The number of carbonyl (C=O) groups excluding carboxylic acids is 2. The van der Waals surface area contributed by atoms with Gasteiger partial charge < -0.3 is 25.0 Å². The smallest absolute Gasteiger partial charge is 0.322 e. The summed E-state index contributed by atoms with van der Waals surface area (Å²) in [5, 5.41) is 5.75. The molecule has 1 atom stereocenters.